The van der Waals surface area contributed by atoms with Crippen molar-refractivity contribution in [1.82, 2.24) is 9.78 Å². The third-order valence-electron chi connectivity index (χ3n) is 3.09. The summed E-state index contributed by atoms with van der Waals surface area (Å²) in [7, 11) is 4.03. The summed E-state index contributed by atoms with van der Waals surface area (Å²) in [6, 6.07) is 6.37. The largest absolute Gasteiger partial charge is 0.370 e. The van der Waals surface area contributed by atoms with Crippen LogP contribution in [-0.4, -0.2) is 16.8 Å². The van der Waals surface area contributed by atoms with Gasteiger partial charge in [0.1, 0.15) is 0 Å². The Kier molecular flexibility index (Phi) is 3.67. The van der Waals surface area contributed by atoms with E-state index in [4.69, 9.17) is 5.73 Å². The van der Waals surface area contributed by atoms with Gasteiger partial charge in [-0.1, -0.05) is 12.1 Å². The second-order valence-electron chi connectivity index (χ2n) is 4.70. The van der Waals surface area contributed by atoms with Gasteiger partial charge in [-0.05, 0) is 24.1 Å². The number of rotatable bonds is 4. The Hall–Kier alpha value is -1.81. The van der Waals surface area contributed by atoms with E-state index in [9.17, 15) is 0 Å². The number of aryl methyl sites for hydroxylation is 2. The molecule has 1 aromatic carbocycles. The molecule has 0 aliphatic carbocycles. The van der Waals surface area contributed by atoms with Gasteiger partial charge in [0.25, 0.3) is 0 Å². The van der Waals surface area contributed by atoms with Gasteiger partial charge in [-0.3, -0.25) is 4.68 Å². The number of aromatic nitrogens is 2. The summed E-state index contributed by atoms with van der Waals surface area (Å²) < 4.78 is 1.83. The van der Waals surface area contributed by atoms with E-state index >= 15 is 0 Å². The predicted molar refractivity (Wildman–Crippen MR) is 74.4 cm³/mol. The molecule has 0 saturated carbocycles. The normalized spacial score (nSPS) is 10.7. The van der Waals surface area contributed by atoms with E-state index in [-0.39, 0.29) is 0 Å². The van der Waals surface area contributed by atoms with Crippen LogP contribution in [-0.2, 0) is 20.1 Å². The zero-order valence-corrected chi connectivity index (χ0v) is 11.2. The van der Waals surface area contributed by atoms with Crippen LogP contribution in [0.25, 0.3) is 0 Å². The molecule has 0 saturated heterocycles. The first-order chi connectivity index (χ1) is 8.60. The molecule has 2 N–H and O–H groups in total. The van der Waals surface area contributed by atoms with Crippen LogP contribution in [0.1, 0.15) is 16.7 Å². The highest BCUT2D eigenvalue weighted by atomic mass is 15.2. The molecule has 0 unspecified atom stereocenters. The van der Waals surface area contributed by atoms with Crippen molar-refractivity contribution in [3.63, 3.8) is 0 Å². The Morgan fingerprint density at radius 2 is 2.11 bits per heavy atom. The smallest absolute Gasteiger partial charge is 0.0539 e. The van der Waals surface area contributed by atoms with Gasteiger partial charge in [-0.25, -0.2) is 0 Å². The van der Waals surface area contributed by atoms with Crippen LogP contribution in [0, 0.1) is 6.92 Å². The zero-order chi connectivity index (χ0) is 13.1. The maximum absolute atomic E-state index is 5.65. The van der Waals surface area contributed by atoms with E-state index in [1.807, 2.05) is 24.1 Å². The van der Waals surface area contributed by atoms with Crippen molar-refractivity contribution in [3.05, 3.63) is 47.3 Å². The number of benzene rings is 1. The van der Waals surface area contributed by atoms with Crippen LogP contribution in [0.3, 0.4) is 0 Å². The van der Waals surface area contributed by atoms with Gasteiger partial charge in [-0.2, -0.15) is 5.10 Å². The van der Waals surface area contributed by atoms with Gasteiger partial charge in [0, 0.05) is 44.6 Å². The van der Waals surface area contributed by atoms with Crippen molar-refractivity contribution < 1.29 is 0 Å². The van der Waals surface area contributed by atoms with Crippen molar-refractivity contribution in [2.24, 2.45) is 12.8 Å². The van der Waals surface area contributed by atoms with E-state index in [2.05, 4.69) is 42.2 Å². The number of anilines is 1. The molecular weight excluding hydrogens is 224 g/mol. The van der Waals surface area contributed by atoms with Crippen LogP contribution in [0.2, 0.25) is 0 Å². The quantitative estimate of drug-likeness (QED) is 0.892. The van der Waals surface area contributed by atoms with Crippen LogP contribution in [0.4, 0.5) is 5.69 Å². The summed E-state index contributed by atoms with van der Waals surface area (Å²) >= 11 is 0. The van der Waals surface area contributed by atoms with Gasteiger partial charge < -0.3 is 10.6 Å². The highest BCUT2D eigenvalue weighted by Gasteiger charge is 2.07. The topological polar surface area (TPSA) is 47.1 Å². The highest BCUT2D eigenvalue weighted by molar-refractivity contribution is 5.54. The molecule has 0 aliphatic heterocycles. The maximum atomic E-state index is 5.65. The molecule has 0 amide bonds. The predicted octanol–water partition coefficient (Wildman–Crippen LogP) is 1.82. The fourth-order valence-corrected chi connectivity index (χ4v) is 2.19. The standard InChI is InChI=1S/C14H20N4/c1-11-6-12(7-15)4-5-14(11)17(2)9-13-8-16-18(3)10-13/h4-6,8,10H,7,9,15H2,1-3H3. The Bertz CT molecular complexity index is 530. The van der Waals surface area contributed by atoms with Gasteiger partial charge in [0.15, 0.2) is 0 Å². The molecule has 0 aliphatic rings. The number of hydrogen-bond donors (Lipinski definition) is 1. The van der Waals surface area contributed by atoms with Crippen molar-refractivity contribution in [1.29, 1.82) is 0 Å². The fraction of sp³-hybridized carbons (Fsp3) is 0.357. The van der Waals surface area contributed by atoms with Crippen LogP contribution in [0.5, 0.6) is 0 Å². The van der Waals surface area contributed by atoms with Crippen molar-refractivity contribution >= 4 is 5.69 Å². The lowest BCUT2D eigenvalue weighted by Crippen LogP contribution is -2.17. The number of nitrogens with zero attached hydrogens (tertiary/aromatic N) is 3. The molecule has 0 fully saturated rings. The second kappa shape index (κ2) is 5.23. The Balaban J connectivity index is 2.15. The summed E-state index contributed by atoms with van der Waals surface area (Å²) in [5.74, 6) is 0. The van der Waals surface area contributed by atoms with Gasteiger partial charge >= 0.3 is 0 Å². The molecule has 1 heterocycles. The minimum atomic E-state index is 0.591. The SMILES string of the molecule is Cc1cc(CN)ccc1N(C)Cc1cnn(C)c1. The molecule has 4 nitrogen and oxygen atoms in total. The first kappa shape index (κ1) is 12.6. The molecule has 18 heavy (non-hydrogen) atoms. The van der Waals surface area contributed by atoms with Crippen LogP contribution in [0.15, 0.2) is 30.6 Å². The van der Waals surface area contributed by atoms with E-state index in [0.29, 0.717) is 6.54 Å². The minimum absolute atomic E-state index is 0.591. The molecule has 2 aromatic rings. The molecule has 0 spiro atoms. The molecular formula is C14H20N4. The molecule has 2 rings (SSSR count). The lowest BCUT2D eigenvalue weighted by molar-refractivity contribution is 0.766. The monoisotopic (exact) mass is 244 g/mol. The molecule has 1 aromatic heterocycles. The maximum Gasteiger partial charge on any atom is 0.0539 e. The first-order valence-electron chi connectivity index (χ1n) is 6.08. The lowest BCUT2D eigenvalue weighted by atomic mass is 10.1. The molecule has 0 atom stereocenters. The third kappa shape index (κ3) is 2.71. The summed E-state index contributed by atoms with van der Waals surface area (Å²) in [5, 5.41) is 4.19. The molecule has 96 valence electrons. The average Bonchev–Trinajstić information content (AvgIpc) is 2.74. The van der Waals surface area contributed by atoms with Crippen molar-refractivity contribution in [2.45, 2.75) is 20.0 Å². The van der Waals surface area contributed by atoms with Crippen LogP contribution >= 0.6 is 0 Å². The van der Waals surface area contributed by atoms with E-state index in [1.165, 1.54) is 22.4 Å². The Labute approximate surface area is 108 Å². The van der Waals surface area contributed by atoms with E-state index in [1.54, 1.807) is 0 Å². The minimum Gasteiger partial charge on any atom is -0.370 e. The second-order valence-corrected chi connectivity index (χ2v) is 4.70. The summed E-state index contributed by atoms with van der Waals surface area (Å²) in [4.78, 5) is 2.23. The number of hydrogen-bond acceptors (Lipinski definition) is 3. The summed E-state index contributed by atoms with van der Waals surface area (Å²) in [5.41, 5.74) is 10.5. The molecule has 0 bridgehead atoms. The Morgan fingerprint density at radius 1 is 1.33 bits per heavy atom. The van der Waals surface area contributed by atoms with E-state index in [0.717, 1.165) is 6.54 Å². The van der Waals surface area contributed by atoms with Crippen molar-refractivity contribution in [3.8, 4) is 0 Å². The summed E-state index contributed by atoms with van der Waals surface area (Å²) in [6.07, 6.45) is 3.94. The van der Waals surface area contributed by atoms with E-state index < -0.39 is 0 Å². The molecule has 4 heteroatoms. The lowest BCUT2D eigenvalue weighted by Gasteiger charge is -2.21. The van der Waals surface area contributed by atoms with Crippen molar-refractivity contribution in [2.75, 3.05) is 11.9 Å². The first-order valence-corrected chi connectivity index (χ1v) is 6.08. The molecule has 0 radical (unpaired) electrons. The third-order valence-corrected chi connectivity index (χ3v) is 3.09. The number of nitrogens with two attached hydrogens (primary N) is 1. The van der Waals surface area contributed by atoms with Crippen LogP contribution < -0.4 is 10.6 Å². The fourth-order valence-electron chi connectivity index (χ4n) is 2.19. The van der Waals surface area contributed by atoms with Gasteiger partial charge in [-0.15, -0.1) is 0 Å². The van der Waals surface area contributed by atoms with Gasteiger partial charge in [0.2, 0.25) is 0 Å². The van der Waals surface area contributed by atoms with Gasteiger partial charge in [0.05, 0.1) is 6.20 Å². The highest BCUT2D eigenvalue weighted by Crippen LogP contribution is 2.21. The Morgan fingerprint density at radius 3 is 2.67 bits per heavy atom. The zero-order valence-electron chi connectivity index (χ0n) is 11.2. The average molecular weight is 244 g/mol. The summed E-state index contributed by atoms with van der Waals surface area (Å²) in [6.45, 7) is 3.57.